The SMILES string of the molecule is O=C(c1ccc(Cl)c(S(=O)(=O)N2CCCC2)c1)N(Cc1ccccn1)c1ccc(Cl)cc1. The third kappa shape index (κ3) is 4.81. The molecule has 1 fully saturated rings. The molecule has 1 aliphatic heterocycles. The smallest absolute Gasteiger partial charge is 0.258 e. The highest BCUT2D eigenvalue weighted by molar-refractivity contribution is 7.89. The number of hydrogen-bond donors (Lipinski definition) is 0. The first-order valence-corrected chi connectivity index (χ1v) is 12.3. The lowest BCUT2D eigenvalue weighted by Crippen LogP contribution is -2.31. The van der Waals surface area contributed by atoms with Crippen molar-refractivity contribution in [3.8, 4) is 0 Å². The molecule has 9 heteroatoms. The van der Waals surface area contributed by atoms with E-state index in [0.717, 1.165) is 12.8 Å². The number of nitrogens with zero attached hydrogens (tertiary/aromatic N) is 3. The monoisotopic (exact) mass is 489 g/mol. The van der Waals surface area contributed by atoms with E-state index >= 15 is 0 Å². The van der Waals surface area contributed by atoms with E-state index in [0.29, 0.717) is 29.5 Å². The van der Waals surface area contributed by atoms with Crippen LogP contribution in [0.3, 0.4) is 0 Å². The van der Waals surface area contributed by atoms with Crippen LogP contribution < -0.4 is 4.90 Å². The minimum absolute atomic E-state index is 0.0548. The molecule has 166 valence electrons. The van der Waals surface area contributed by atoms with Gasteiger partial charge in [0.2, 0.25) is 10.0 Å². The van der Waals surface area contributed by atoms with E-state index in [1.807, 2.05) is 12.1 Å². The minimum atomic E-state index is -3.78. The Labute approximate surface area is 197 Å². The number of benzene rings is 2. The molecule has 3 aromatic rings. The standard InChI is InChI=1S/C23H21Cl2N3O3S/c24-18-7-9-20(10-8-18)28(16-19-5-1-2-12-26-19)23(29)17-6-11-21(25)22(15-17)32(30,31)27-13-3-4-14-27/h1-2,5-12,15H,3-4,13-14,16H2. The molecule has 1 aliphatic rings. The van der Waals surface area contributed by atoms with Crippen LogP contribution in [0.1, 0.15) is 28.9 Å². The number of aromatic nitrogens is 1. The molecule has 4 rings (SSSR count). The van der Waals surface area contributed by atoms with Crippen molar-refractivity contribution in [2.45, 2.75) is 24.3 Å². The minimum Gasteiger partial charge on any atom is -0.302 e. The van der Waals surface area contributed by atoms with Crippen molar-refractivity contribution < 1.29 is 13.2 Å². The molecule has 0 radical (unpaired) electrons. The fourth-order valence-electron chi connectivity index (χ4n) is 3.61. The number of carbonyl (C=O) groups is 1. The fourth-order valence-corrected chi connectivity index (χ4v) is 5.76. The number of halogens is 2. The van der Waals surface area contributed by atoms with Gasteiger partial charge in [0.25, 0.3) is 5.91 Å². The van der Waals surface area contributed by atoms with Gasteiger partial charge in [-0.25, -0.2) is 8.42 Å². The Kier molecular flexibility index (Phi) is 6.81. The van der Waals surface area contributed by atoms with Gasteiger partial charge >= 0.3 is 0 Å². The summed E-state index contributed by atoms with van der Waals surface area (Å²) in [7, 11) is -3.78. The summed E-state index contributed by atoms with van der Waals surface area (Å²) in [6.45, 7) is 1.11. The maximum absolute atomic E-state index is 13.6. The Hall–Kier alpha value is -2.45. The lowest BCUT2D eigenvalue weighted by Gasteiger charge is -2.23. The number of hydrogen-bond acceptors (Lipinski definition) is 4. The molecule has 0 unspecified atom stereocenters. The van der Waals surface area contributed by atoms with Crippen LogP contribution >= 0.6 is 23.2 Å². The summed E-state index contributed by atoms with van der Waals surface area (Å²) in [6, 6.07) is 16.7. The van der Waals surface area contributed by atoms with Gasteiger partial charge in [-0.2, -0.15) is 4.31 Å². The summed E-state index contributed by atoms with van der Waals surface area (Å²) in [6.07, 6.45) is 3.27. The molecular formula is C23H21Cl2N3O3S. The summed E-state index contributed by atoms with van der Waals surface area (Å²) >= 11 is 12.3. The maximum Gasteiger partial charge on any atom is 0.258 e. The van der Waals surface area contributed by atoms with Gasteiger partial charge in [-0.15, -0.1) is 0 Å². The predicted octanol–water partition coefficient (Wildman–Crippen LogP) is 5.02. The second-order valence-electron chi connectivity index (χ2n) is 7.45. The van der Waals surface area contributed by atoms with Crippen molar-refractivity contribution in [3.05, 3.63) is 88.2 Å². The lowest BCUT2D eigenvalue weighted by atomic mass is 10.1. The molecule has 6 nitrogen and oxygen atoms in total. The molecule has 0 atom stereocenters. The molecule has 1 aromatic heterocycles. The highest BCUT2D eigenvalue weighted by Crippen LogP contribution is 2.30. The molecule has 1 amide bonds. The third-order valence-electron chi connectivity index (χ3n) is 5.29. The number of rotatable bonds is 6. The van der Waals surface area contributed by atoms with Crippen LogP contribution in [0.5, 0.6) is 0 Å². The van der Waals surface area contributed by atoms with E-state index < -0.39 is 10.0 Å². The molecule has 1 saturated heterocycles. The van der Waals surface area contributed by atoms with Crippen molar-refractivity contribution in [3.63, 3.8) is 0 Å². The molecule has 32 heavy (non-hydrogen) atoms. The molecule has 0 N–H and O–H groups in total. The summed E-state index contributed by atoms with van der Waals surface area (Å²) in [5.74, 6) is -0.368. The molecule has 0 saturated carbocycles. The Morgan fingerprint density at radius 3 is 2.38 bits per heavy atom. The highest BCUT2D eigenvalue weighted by Gasteiger charge is 2.30. The van der Waals surface area contributed by atoms with Crippen LogP contribution in [0.4, 0.5) is 5.69 Å². The van der Waals surface area contributed by atoms with Crippen LogP contribution in [0.25, 0.3) is 0 Å². The van der Waals surface area contributed by atoms with Crippen molar-refractivity contribution >= 4 is 44.8 Å². The zero-order chi connectivity index (χ0) is 22.7. The van der Waals surface area contributed by atoms with E-state index in [2.05, 4.69) is 4.98 Å². The number of amides is 1. The van der Waals surface area contributed by atoms with Gasteiger partial charge in [-0.1, -0.05) is 29.3 Å². The molecule has 0 aliphatic carbocycles. The number of pyridine rings is 1. The van der Waals surface area contributed by atoms with Crippen LogP contribution in [0.2, 0.25) is 10.0 Å². The first-order chi connectivity index (χ1) is 15.4. The lowest BCUT2D eigenvalue weighted by molar-refractivity contribution is 0.0984. The van der Waals surface area contributed by atoms with Gasteiger partial charge in [-0.3, -0.25) is 9.78 Å². The van der Waals surface area contributed by atoms with E-state index in [9.17, 15) is 13.2 Å². The highest BCUT2D eigenvalue weighted by atomic mass is 35.5. The Morgan fingerprint density at radius 1 is 1.00 bits per heavy atom. The molecule has 2 aromatic carbocycles. The fraction of sp³-hybridized carbons (Fsp3) is 0.217. The zero-order valence-electron chi connectivity index (χ0n) is 17.1. The van der Waals surface area contributed by atoms with Gasteiger partial charge < -0.3 is 4.90 Å². The molecule has 2 heterocycles. The van der Waals surface area contributed by atoms with E-state index in [4.69, 9.17) is 23.2 Å². The van der Waals surface area contributed by atoms with E-state index in [1.54, 1.807) is 36.5 Å². The molecular weight excluding hydrogens is 469 g/mol. The van der Waals surface area contributed by atoms with Crippen LogP contribution in [-0.4, -0.2) is 36.7 Å². The van der Waals surface area contributed by atoms with Gasteiger partial charge in [0.15, 0.2) is 0 Å². The van der Waals surface area contributed by atoms with Gasteiger partial charge in [0.05, 0.1) is 17.3 Å². The van der Waals surface area contributed by atoms with E-state index in [1.165, 1.54) is 27.4 Å². The summed E-state index contributed by atoms with van der Waals surface area (Å²) in [4.78, 5) is 19.4. The second-order valence-corrected chi connectivity index (χ2v) is 10.2. The van der Waals surface area contributed by atoms with Gasteiger partial charge in [0.1, 0.15) is 4.90 Å². The first kappa shape index (κ1) is 22.7. The summed E-state index contributed by atoms with van der Waals surface area (Å²) in [5, 5.41) is 0.640. The Bertz CT molecular complexity index is 1210. The van der Waals surface area contributed by atoms with Crippen LogP contribution in [0, 0.1) is 0 Å². The predicted molar refractivity (Wildman–Crippen MR) is 126 cm³/mol. The summed E-state index contributed by atoms with van der Waals surface area (Å²) in [5.41, 5.74) is 1.52. The molecule has 0 bridgehead atoms. The maximum atomic E-state index is 13.6. The van der Waals surface area contributed by atoms with Gasteiger partial charge in [0, 0.05) is 35.6 Å². The van der Waals surface area contributed by atoms with Crippen LogP contribution in [0.15, 0.2) is 71.8 Å². The average molecular weight is 490 g/mol. The topological polar surface area (TPSA) is 70.6 Å². The first-order valence-electron chi connectivity index (χ1n) is 10.1. The van der Waals surface area contributed by atoms with Crippen molar-refractivity contribution in [2.75, 3.05) is 18.0 Å². The number of anilines is 1. The summed E-state index contributed by atoms with van der Waals surface area (Å²) < 4.78 is 27.6. The van der Waals surface area contributed by atoms with Gasteiger partial charge in [-0.05, 0) is 67.4 Å². The Balaban J connectivity index is 1.72. The van der Waals surface area contributed by atoms with Crippen molar-refractivity contribution in [1.82, 2.24) is 9.29 Å². The van der Waals surface area contributed by atoms with E-state index in [-0.39, 0.29) is 27.9 Å². The second kappa shape index (κ2) is 9.58. The number of carbonyl (C=O) groups excluding carboxylic acids is 1. The van der Waals surface area contributed by atoms with Crippen LogP contribution in [-0.2, 0) is 16.6 Å². The largest absolute Gasteiger partial charge is 0.302 e. The quantitative estimate of drug-likeness (QED) is 0.487. The van der Waals surface area contributed by atoms with Crippen molar-refractivity contribution in [2.24, 2.45) is 0 Å². The number of sulfonamides is 1. The molecule has 0 spiro atoms. The Morgan fingerprint density at radius 2 is 1.72 bits per heavy atom. The normalized spacial score (nSPS) is 14.4. The average Bonchev–Trinajstić information content (AvgIpc) is 3.35. The third-order valence-corrected chi connectivity index (χ3v) is 7.92. The zero-order valence-corrected chi connectivity index (χ0v) is 19.4. The van der Waals surface area contributed by atoms with Crippen molar-refractivity contribution in [1.29, 1.82) is 0 Å².